The molecule has 2 aromatic rings. The summed E-state index contributed by atoms with van der Waals surface area (Å²) in [4.78, 5) is 23.6. The standard InChI is InChI=1S/C18H22N2O2/c1-18(2,3)20-17(22)12-19-16(21)11-13-8-9-14-6-4-5-7-15(14)10-13/h4-10H,11-12H2,1-3H3,(H,19,21)(H,20,22). The van der Waals surface area contributed by atoms with Crippen molar-refractivity contribution in [2.75, 3.05) is 6.54 Å². The van der Waals surface area contributed by atoms with Gasteiger partial charge in [0.15, 0.2) is 0 Å². The Hall–Kier alpha value is -2.36. The molecule has 4 heteroatoms. The van der Waals surface area contributed by atoms with Gasteiger partial charge in [0.05, 0.1) is 13.0 Å². The first kappa shape index (κ1) is 16.0. The molecule has 0 fully saturated rings. The Morgan fingerprint density at radius 3 is 2.32 bits per heavy atom. The van der Waals surface area contributed by atoms with Crippen LogP contribution in [0.15, 0.2) is 42.5 Å². The molecule has 2 N–H and O–H groups in total. The van der Waals surface area contributed by atoms with E-state index in [1.807, 2.05) is 63.2 Å². The molecule has 0 saturated carbocycles. The van der Waals surface area contributed by atoms with Crippen molar-refractivity contribution in [1.82, 2.24) is 10.6 Å². The SMILES string of the molecule is CC(C)(C)NC(=O)CNC(=O)Cc1ccc2ccccc2c1. The Bertz CT molecular complexity index is 687. The Balaban J connectivity index is 1.89. The fourth-order valence-corrected chi connectivity index (χ4v) is 2.24. The predicted octanol–water partition coefficient (Wildman–Crippen LogP) is 2.41. The molecular formula is C18H22N2O2. The van der Waals surface area contributed by atoms with E-state index < -0.39 is 0 Å². The lowest BCUT2D eigenvalue weighted by Crippen LogP contribution is -2.46. The average molecular weight is 298 g/mol. The van der Waals surface area contributed by atoms with Crippen LogP contribution in [0.2, 0.25) is 0 Å². The lowest BCUT2D eigenvalue weighted by molar-refractivity contribution is -0.126. The van der Waals surface area contributed by atoms with Crippen molar-refractivity contribution in [2.45, 2.75) is 32.7 Å². The molecular weight excluding hydrogens is 276 g/mol. The number of hydrogen-bond acceptors (Lipinski definition) is 2. The summed E-state index contributed by atoms with van der Waals surface area (Å²) in [5.74, 6) is -0.335. The van der Waals surface area contributed by atoms with Crippen molar-refractivity contribution in [3.8, 4) is 0 Å². The zero-order valence-corrected chi connectivity index (χ0v) is 13.3. The second-order valence-corrected chi connectivity index (χ2v) is 6.43. The molecule has 0 aliphatic heterocycles. The quantitative estimate of drug-likeness (QED) is 0.910. The summed E-state index contributed by atoms with van der Waals surface area (Å²) in [5.41, 5.74) is 0.646. The van der Waals surface area contributed by atoms with Crippen molar-refractivity contribution in [3.63, 3.8) is 0 Å². The van der Waals surface area contributed by atoms with Crippen molar-refractivity contribution >= 4 is 22.6 Å². The molecule has 0 spiro atoms. The monoisotopic (exact) mass is 298 g/mol. The van der Waals surface area contributed by atoms with Crippen LogP contribution in [0.1, 0.15) is 26.3 Å². The highest BCUT2D eigenvalue weighted by Gasteiger charge is 2.14. The molecule has 22 heavy (non-hydrogen) atoms. The van der Waals surface area contributed by atoms with E-state index in [1.54, 1.807) is 0 Å². The molecule has 2 aromatic carbocycles. The maximum Gasteiger partial charge on any atom is 0.239 e. The lowest BCUT2D eigenvalue weighted by Gasteiger charge is -2.20. The van der Waals surface area contributed by atoms with Gasteiger partial charge in [-0.2, -0.15) is 0 Å². The van der Waals surface area contributed by atoms with Crippen LogP contribution in [0, 0.1) is 0 Å². The van der Waals surface area contributed by atoms with Crippen molar-refractivity contribution < 1.29 is 9.59 Å². The summed E-state index contributed by atoms with van der Waals surface area (Å²) >= 11 is 0. The van der Waals surface area contributed by atoms with Crippen LogP contribution in [0.3, 0.4) is 0 Å². The van der Waals surface area contributed by atoms with Gasteiger partial charge in [-0.3, -0.25) is 9.59 Å². The summed E-state index contributed by atoms with van der Waals surface area (Å²) in [6.07, 6.45) is 0.271. The number of amides is 2. The van der Waals surface area contributed by atoms with Crippen molar-refractivity contribution in [3.05, 3.63) is 48.0 Å². The molecule has 0 saturated heterocycles. The minimum Gasteiger partial charge on any atom is -0.350 e. The van der Waals surface area contributed by atoms with Gasteiger partial charge in [-0.05, 0) is 37.1 Å². The highest BCUT2D eigenvalue weighted by Crippen LogP contribution is 2.15. The topological polar surface area (TPSA) is 58.2 Å². The summed E-state index contributed by atoms with van der Waals surface area (Å²) < 4.78 is 0. The zero-order chi connectivity index (χ0) is 16.2. The number of fused-ring (bicyclic) bond motifs is 1. The van der Waals surface area contributed by atoms with Gasteiger partial charge in [0.1, 0.15) is 0 Å². The highest BCUT2D eigenvalue weighted by molar-refractivity contribution is 5.88. The smallest absolute Gasteiger partial charge is 0.239 e. The van der Waals surface area contributed by atoms with Crippen LogP contribution in [-0.2, 0) is 16.0 Å². The van der Waals surface area contributed by atoms with Crippen LogP contribution >= 0.6 is 0 Å². The molecule has 2 amide bonds. The van der Waals surface area contributed by atoms with E-state index >= 15 is 0 Å². The second-order valence-electron chi connectivity index (χ2n) is 6.43. The summed E-state index contributed by atoms with van der Waals surface area (Å²) in [6.45, 7) is 5.72. The van der Waals surface area contributed by atoms with Crippen LogP contribution < -0.4 is 10.6 Å². The number of hydrogen-bond donors (Lipinski definition) is 2. The van der Waals surface area contributed by atoms with E-state index in [2.05, 4.69) is 10.6 Å². The molecule has 0 bridgehead atoms. The van der Waals surface area contributed by atoms with Gasteiger partial charge in [-0.15, -0.1) is 0 Å². The number of carbonyl (C=O) groups excluding carboxylic acids is 2. The fraction of sp³-hybridized carbons (Fsp3) is 0.333. The Labute approximate surface area is 130 Å². The van der Waals surface area contributed by atoms with E-state index in [0.29, 0.717) is 0 Å². The van der Waals surface area contributed by atoms with Gasteiger partial charge in [0.25, 0.3) is 0 Å². The molecule has 0 radical (unpaired) electrons. The maximum atomic E-state index is 11.9. The van der Waals surface area contributed by atoms with Gasteiger partial charge in [-0.25, -0.2) is 0 Å². The third kappa shape index (κ3) is 4.88. The van der Waals surface area contributed by atoms with Gasteiger partial charge >= 0.3 is 0 Å². The van der Waals surface area contributed by atoms with E-state index in [9.17, 15) is 9.59 Å². The van der Waals surface area contributed by atoms with Crippen molar-refractivity contribution in [2.24, 2.45) is 0 Å². The van der Waals surface area contributed by atoms with Gasteiger partial charge in [0, 0.05) is 5.54 Å². The first-order valence-electron chi connectivity index (χ1n) is 7.39. The average Bonchev–Trinajstić information content (AvgIpc) is 2.43. The normalized spacial score (nSPS) is 11.2. The number of carbonyl (C=O) groups is 2. The third-order valence-corrected chi connectivity index (χ3v) is 3.14. The number of benzene rings is 2. The highest BCUT2D eigenvalue weighted by atomic mass is 16.2. The van der Waals surface area contributed by atoms with Crippen LogP contribution in [-0.4, -0.2) is 23.9 Å². The molecule has 0 aromatic heterocycles. The van der Waals surface area contributed by atoms with Crippen LogP contribution in [0.25, 0.3) is 10.8 Å². The first-order chi connectivity index (χ1) is 10.3. The Kier molecular flexibility index (Phi) is 4.81. The van der Waals surface area contributed by atoms with Crippen molar-refractivity contribution in [1.29, 1.82) is 0 Å². The number of nitrogens with one attached hydrogen (secondary N) is 2. The predicted molar refractivity (Wildman–Crippen MR) is 88.6 cm³/mol. The zero-order valence-electron chi connectivity index (χ0n) is 13.3. The minimum absolute atomic E-state index is 0.00366. The molecule has 2 rings (SSSR count). The Morgan fingerprint density at radius 1 is 0.955 bits per heavy atom. The Morgan fingerprint density at radius 2 is 1.64 bits per heavy atom. The van der Waals surface area contributed by atoms with Gasteiger partial charge < -0.3 is 10.6 Å². The maximum absolute atomic E-state index is 11.9. The minimum atomic E-state index is -0.292. The molecule has 0 heterocycles. The number of rotatable bonds is 4. The van der Waals surface area contributed by atoms with Crippen LogP contribution in [0.5, 0.6) is 0 Å². The second kappa shape index (κ2) is 6.60. The summed E-state index contributed by atoms with van der Waals surface area (Å²) in [6, 6.07) is 14.0. The molecule has 4 nitrogen and oxygen atoms in total. The lowest BCUT2D eigenvalue weighted by atomic mass is 10.0. The first-order valence-corrected chi connectivity index (χ1v) is 7.39. The summed E-state index contributed by atoms with van der Waals surface area (Å²) in [7, 11) is 0. The van der Waals surface area contributed by atoms with E-state index in [4.69, 9.17) is 0 Å². The van der Waals surface area contributed by atoms with E-state index in [1.165, 1.54) is 0 Å². The van der Waals surface area contributed by atoms with E-state index in [-0.39, 0.29) is 30.3 Å². The molecule has 0 aliphatic carbocycles. The van der Waals surface area contributed by atoms with Gasteiger partial charge in [0.2, 0.25) is 11.8 Å². The molecule has 116 valence electrons. The van der Waals surface area contributed by atoms with Gasteiger partial charge in [-0.1, -0.05) is 42.5 Å². The van der Waals surface area contributed by atoms with Crippen LogP contribution in [0.4, 0.5) is 0 Å². The van der Waals surface area contributed by atoms with E-state index in [0.717, 1.165) is 16.3 Å². The summed E-state index contributed by atoms with van der Waals surface area (Å²) in [5, 5.41) is 7.72. The largest absolute Gasteiger partial charge is 0.350 e. The fourth-order valence-electron chi connectivity index (χ4n) is 2.24. The molecule has 0 aliphatic rings. The molecule has 0 unspecified atom stereocenters. The third-order valence-electron chi connectivity index (χ3n) is 3.14. The molecule has 0 atom stereocenters.